The number of hydrogen-bond acceptors (Lipinski definition) is 3. The second-order valence-electron chi connectivity index (χ2n) is 6.43. The van der Waals surface area contributed by atoms with Crippen molar-refractivity contribution in [2.45, 2.75) is 20.8 Å². The second-order valence-corrected chi connectivity index (χ2v) is 6.43. The molecule has 0 aliphatic carbocycles. The zero-order chi connectivity index (χ0) is 18.3. The molecule has 5 heteroatoms. The van der Waals surface area contributed by atoms with Crippen LogP contribution in [-0.4, -0.2) is 14.5 Å². The van der Waals surface area contributed by atoms with E-state index in [0.717, 1.165) is 39.5 Å². The van der Waals surface area contributed by atoms with E-state index in [1.807, 2.05) is 23.6 Å². The van der Waals surface area contributed by atoms with Crippen LogP contribution in [-0.2, 0) is 0 Å². The third-order valence-electron chi connectivity index (χ3n) is 4.69. The maximum atomic E-state index is 13.3. The molecule has 130 valence electrons. The van der Waals surface area contributed by atoms with Crippen molar-refractivity contribution in [1.82, 2.24) is 14.5 Å². The molecule has 0 bridgehead atoms. The van der Waals surface area contributed by atoms with Crippen molar-refractivity contribution in [2.75, 3.05) is 5.32 Å². The highest BCUT2D eigenvalue weighted by Gasteiger charge is 2.17. The summed E-state index contributed by atoms with van der Waals surface area (Å²) in [6, 6.07) is 14.6. The molecule has 0 saturated heterocycles. The van der Waals surface area contributed by atoms with Gasteiger partial charge in [-0.1, -0.05) is 17.7 Å². The number of aryl methyl sites for hydroxylation is 2. The molecule has 26 heavy (non-hydrogen) atoms. The van der Waals surface area contributed by atoms with Gasteiger partial charge in [-0.05, 0) is 62.7 Å². The van der Waals surface area contributed by atoms with Gasteiger partial charge in [-0.25, -0.2) is 14.4 Å². The van der Waals surface area contributed by atoms with Crippen LogP contribution in [0.4, 0.5) is 15.9 Å². The average Bonchev–Trinajstić information content (AvgIpc) is 2.90. The first kappa shape index (κ1) is 16.3. The maximum absolute atomic E-state index is 13.3. The Labute approximate surface area is 151 Å². The summed E-state index contributed by atoms with van der Waals surface area (Å²) < 4.78 is 15.3. The first-order chi connectivity index (χ1) is 12.5. The fourth-order valence-corrected chi connectivity index (χ4v) is 3.17. The van der Waals surface area contributed by atoms with Crippen molar-refractivity contribution >= 4 is 22.5 Å². The zero-order valence-electron chi connectivity index (χ0n) is 14.9. The van der Waals surface area contributed by atoms with Crippen molar-refractivity contribution in [3.63, 3.8) is 0 Å². The smallest absolute Gasteiger partial charge is 0.150 e. The van der Waals surface area contributed by atoms with Gasteiger partial charge in [-0.15, -0.1) is 0 Å². The van der Waals surface area contributed by atoms with Gasteiger partial charge in [0, 0.05) is 17.1 Å². The topological polar surface area (TPSA) is 42.7 Å². The molecule has 0 aliphatic rings. The Morgan fingerprint density at radius 2 is 1.58 bits per heavy atom. The van der Waals surface area contributed by atoms with Crippen molar-refractivity contribution in [3.8, 4) is 5.69 Å². The number of anilines is 2. The molecule has 0 amide bonds. The van der Waals surface area contributed by atoms with Gasteiger partial charge >= 0.3 is 0 Å². The van der Waals surface area contributed by atoms with Crippen LogP contribution in [0.15, 0.2) is 54.9 Å². The Bertz CT molecular complexity index is 1080. The molecule has 0 spiro atoms. The lowest BCUT2D eigenvalue weighted by atomic mass is 10.2. The third-order valence-corrected chi connectivity index (χ3v) is 4.69. The highest BCUT2D eigenvalue weighted by molar-refractivity contribution is 5.94. The molecule has 2 heterocycles. The Morgan fingerprint density at radius 1 is 0.885 bits per heavy atom. The molecule has 4 aromatic rings. The van der Waals surface area contributed by atoms with E-state index in [0.29, 0.717) is 0 Å². The van der Waals surface area contributed by atoms with E-state index in [-0.39, 0.29) is 5.82 Å². The van der Waals surface area contributed by atoms with Crippen LogP contribution >= 0.6 is 0 Å². The van der Waals surface area contributed by atoms with Crippen LogP contribution in [0.25, 0.3) is 16.7 Å². The normalized spacial score (nSPS) is 11.1. The lowest BCUT2D eigenvalue weighted by Gasteiger charge is -2.09. The molecule has 2 aromatic heterocycles. The van der Waals surface area contributed by atoms with Crippen LogP contribution in [0.3, 0.4) is 0 Å². The molecule has 0 radical (unpaired) electrons. The number of fused-ring (bicyclic) bond motifs is 1. The van der Waals surface area contributed by atoms with Crippen molar-refractivity contribution in [1.29, 1.82) is 0 Å². The van der Waals surface area contributed by atoms with Crippen molar-refractivity contribution < 1.29 is 4.39 Å². The number of nitrogens with one attached hydrogen (secondary N) is 1. The van der Waals surface area contributed by atoms with E-state index in [1.165, 1.54) is 17.7 Å². The minimum Gasteiger partial charge on any atom is -0.340 e. The number of rotatable bonds is 3. The predicted molar refractivity (Wildman–Crippen MR) is 103 cm³/mol. The number of nitrogens with zero attached hydrogens (tertiary/aromatic N) is 3. The Morgan fingerprint density at radius 3 is 2.27 bits per heavy atom. The standard InChI is InChI=1S/C21H19FN4/c1-13-4-8-17(9-5-13)25-20-19-14(2)15(3)26(21(19)24-12-23-20)18-10-6-16(22)7-11-18/h4-12H,1-3H3,(H,23,24,25). The zero-order valence-corrected chi connectivity index (χ0v) is 14.9. The third kappa shape index (κ3) is 2.71. The predicted octanol–water partition coefficient (Wildman–Crippen LogP) is 5.23. The second kappa shape index (κ2) is 6.26. The van der Waals surface area contributed by atoms with Crippen LogP contribution in [0, 0.1) is 26.6 Å². The van der Waals surface area contributed by atoms with E-state index < -0.39 is 0 Å². The molecule has 0 fully saturated rings. The quantitative estimate of drug-likeness (QED) is 0.552. The van der Waals surface area contributed by atoms with Gasteiger partial charge < -0.3 is 5.32 Å². The molecule has 0 saturated carbocycles. The maximum Gasteiger partial charge on any atom is 0.150 e. The van der Waals surface area contributed by atoms with Gasteiger partial charge in [0.15, 0.2) is 5.65 Å². The van der Waals surface area contributed by atoms with E-state index in [9.17, 15) is 4.39 Å². The van der Waals surface area contributed by atoms with E-state index in [2.05, 4.69) is 41.3 Å². The van der Waals surface area contributed by atoms with Gasteiger partial charge in [0.25, 0.3) is 0 Å². The summed E-state index contributed by atoms with van der Waals surface area (Å²) in [5.74, 6) is 0.510. The van der Waals surface area contributed by atoms with Crippen LogP contribution < -0.4 is 5.32 Å². The summed E-state index contributed by atoms with van der Waals surface area (Å²) in [7, 11) is 0. The van der Waals surface area contributed by atoms with E-state index >= 15 is 0 Å². The van der Waals surface area contributed by atoms with Crippen molar-refractivity contribution in [2.24, 2.45) is 0 Å². The number of hydrogen-bond donors (Lipinski definition) is 1. The van der Waals surface area contributed by atoms with Gasteiger partial charge in [-0.2, -0.15) is 0 Å². The van der Waals surface area contributed by atoms with Crippen LogP contribution in [0.2, 0.25) is 0 Å². The van der Waals surface area contributed by atoms with Gasteiger partial charge in [0.05, 0.1) is 5.39 Å². The van der Waals surface area contributed by atoms with Gasteiger partial charge in [-0.3, -0.25) is 4.57 Å². The first-order valence-electron chi connectivity index (χ1n) is 8.47. The molecule has 0 unspecified atom stereocenters. The largest absolute Gasteiger partial charge is 0.340 e. The van der Waals surface area contributed by atoms with E-state index in [1.54, 1.807) is 18.5 Å². The monoisotopic (exact) mass is 346 g/mol. The van der Waals surface area contributed by atoms with Gasteiger partial charge in [0.2, 0.25) is 0 Å². The highest BCUT2D eigenvalue weighted by atomic mass is 19.1. The molecule has 0 aliphatic heterocycles. The minimum atomic E-state index is -0.254. The first-order valence-corrected chi connectivity index (χ1v) is 8.47. The molecule has 1 N–H and O–H groups in total. The average molecular weight is 346 g/mol. The molecule has 2 aromatic carbocycles. The van der Waals surface area contributed by atoms with Crippen LogP contribution in [0.5, 0.6) is 0 Å². The minimum absolute atomic E-state index is 0.254. The summed E-state index contributed by atoms with van der Waals surface area (Å²) in [5.41, 5.74) is 6.01. The summed E-state index contributed by atoms with van der Waals surface area (Å²) >= 11 is 0. The highest BCUT2D eigenvalue weighted by Crippen LogP contribution is 2.32. The number of benzene rings is 2. The number of halogens is 1. The SMILES string of the molecule is Cc1ccc(Nc2ncnc3c2c(C)c(C)n3-c2ccc(F)cc2)cc1. The Hall–Kier alpha value is -3.21. The molecular formula is C21H19FN4. The Kier molecular flexibility index (Phi) is 3.92. The molecular weight excluding hydrogens is 327 g/mol. The summed E-state index contributed by atoms with van der Waals surface area (Å²) in [5, 5.41) is 4.36. The number of aromatic nitrogens is 3. The Balaban J connectivity index is 1.88. The lowest BCUT2D eigenvalue weighted by Crippen LogP contribution is -1.99. The lowest BCUT2D eigenvalue weighted by molar-refractivity contribution is 0.627. The summed E-state index contributed by atoms with van der Waals surface area (Å²) in [4.78, 5) is 8.95. The summed E-state index contributed by atoms with van der Waals surface area (Å²) in [6.07, 6.45) is 1.55. The fourth-order valence-electron chi connectivity index (χ4n) is 3.17. The van der Waals surface area contributed by atoms with Gasteiger partial charge in [0.1, 0.15) is 18.0 Å². The molecule has 0 atom stereocenters. The van der Waals surface area contributed by atoms with Crippen molar-refractivity contribution in [3.05, 3.63) is 77.5 Å². The summed E-state index contributed by atoms with van der Waals surface area (Å²) in [6.45, 7) is 6.15. The molecule has 4 nitrogen and oxygen atoms in total. The van der Waals surface area contributed by atoms with Crippen LogP contribution in [0.1, 0.15) is 16.8 Å². The fraction of sp³-hybridized carbons (Fsp3) is 0.143. The molecule has 4 rings (SSSR count). The van der Waals surface area contributed by atoms with E-state index in [4.69, 9.17) is 0 Å².